The van der Waals surface area contributed by atoms with E-state index in [0.29, 0.717) is 24.3 Å². The SMILES string of the molecule is COc1ccc(CCC(=O)n2cc(C3=CCNCC3)c3ncccc32)cc1OC. The Balaban J connectivity index is 1.58. The van der Waals surface area contributed by atoms with Crippen LogP contribution in [0.5, 0.6) is 11.5 Å². The lowest BCUT2D eigenvalue weighted by atomic mass is 10.0. The topological polar surface area (TPSA) is 65.4 Å². The first-order valence-corrected chi connectivity index (χ1v) is 9.81. The van der Waals surface area contributed by atoms with Crippen LogP contribution in [-0.4, -0.2) is 42.8 Å². The lowest BCUT2D eigenvalue weighted by Crippen LogP contribution is -2.20. The number of benzene rings is 1. The van der Waals surface area contributed by atoms with Crippen molar-refractivity contribution in [3.8, 4) is 11.5 Å². The number of hydrogen-bond acceptors (Lipinski definition) is 5. The van der Waals surface area contributed by atoms with Crippen molar-refractivity contribution >= 4 is 22.5 Å². The summed E-state index contributed by atoms with van der Waals surface area (Å²) in [5.74, 6) is 1.41. The molecular weight excluding hydrogens is 366 g/mol. The maximum atomic E-state index is 13.1. The summed E-state index contributed by atoms with van der Waals surface area (Å²) >= 11 is 0. The van der Waals surface area contributed by atoms with Crippen molar-refractivity contribution in [2.24, 2.45) is 0 Å². The second-order valence-corrected chi connectivity index (χ2v) is 7.05. The van der Waals surface area contributed by atoms with Crippen molar-refractivity contribution in [1.29, 1.82) is 0 Å². The van der Waals surface area contributed by atoms with Crippen LogP contribution in [0, 0.1) is 0 Å². The van der Waals surface area contributed by atoms with Crippen LogP contribution in [0.15, 0.2) is 48.8 Å². The molecular formula is C23H25N3O3. The second kappa shape index (κ2) is 8.49. The molecule has 1 aromatic carbocycles. The number of nitrogens with one attached hydrogen (secondary N) is 1. The summed E-state index contributed by atoms with van der Waals surface area (Å²) in [5, 5.41) is 3.33. The molecule has 6 nitrogen and oxygen atoms in total. The standard InChI is InChI=1S/C23H25N3O3/c1-28-20-7-5-16(14-21(20)29-2)6-8-22(27)26-15-18(17-9-12-24-13-10-17)23-19(26)4-3-11-25-23/h3-5,7,9,11,14-15,24H,6,8,10,12-13H2,1-2H3. The number of pyridine rings is 1. The lowest BCUT2D eigenvalue weighted by Gasteiger charge is -2.12. The van der Waals surface area contributed by atoms with Gasteiger partial charge in [-0.3, -0.25) is 14.3 Å². The fraction of sp³-hybridized carbons (Fsp3) is 0.304. The summed E-state index contributed by atoms with van der Waals surface area (Å²) in [6.45, 7) is 1.79. The number of carbonyl (C=O) groups excluding carboxylic acids is 1. The molecule has 0 aliphatic carbocycles. The van der Waals surface area contributed by atoms with Gasteiger partial charge in [0.25, 0.3) is 0 Å². The van der Waals surface area contributed by atoms with Crippen molar-refractivity contribution in [1.82, 2.24) is 14.9 Å². The molecule has 1 aliphatic rings. The summed E-state index contributed by atoms with van der Waals surface area (Å²) < 4.78 is 12.4. The first-order chi connectivity index (χ1) is 14.2. The van der Waals surface area contributed by atoms with Crippen LogP contribution < -0.4 is 14.8 Å². The van der Waals surface area contributed by atoms with Gasteiger partial charge in [0.05, 0.1) is 25.3 Å². The van der Waals surface area contributed by atoms with Crippen molar-refractivity contribution in [3.63, 3.8) is 0 Å². The fourth-order valence-corrected chi connectivity index (χ4v) is 3.77. The van der Waals surface area contributed by atoms with E-state index in [2.05, 4.69) is 16.4 Å². The number of hydrogen-bond donors (Lipinski definition) is 1. The third kappa shape index (κ3) is 3.89. The van der Waals surface area contributed by atoms with E-state index < -0.39 is 0 Å². The highest BCUT2D eigenvalue weighted by atomic mass is 16.5. The monoisotopic (exact) mass is 391 g/mol. The van der Waals surface area contributed by atoms with Gasteiger partial charge in [-0.15, -0.1) is 0 Å². The minimum atomic E-state index is 0.0542. The maximum absolute atomic E-state index is 13.1. The average Bonchev–Trinajstić information content (AvgIpc) is 3.17. The first-order valence-electron chi connectivity index (χ1n) is 9.81. The zero-order valence-corrected chi connectivity index (χ0v) is 16.8. The highest BCUT2D eigenvalue weighted by molar-refractivity contribution is 5.97. The number of nitrogens with zero attached hydrogens (tertiary/aromatic N) is 2. The maximum Gasteiger partial charge on any atom is 0.231 e. The van der Waals surface area contributed by atoms with Gasteiger partial charge in [0, 0.05) is 30.9 Å². The number of rotatable bonds is 6. The molecule has 0 fully saturated rings. The Morgan fingerprint density at radius 3 is 2.83 bits per heavy atom. The molecule has 0 amide bonds. The molecule has 0 saturated carbocycles. The zero-order valence-electron chi connectivity index (χ0n) is 16.8. The second-order valence-electron chi connectivity index (χ2n) is 7.05. The van der Waals surface area contributed by atoms with Crippen molar-refractivity contribution in [2.45, 2.75) is 19.3 Å². The van der Waals surface area contributed by atoms with Crippen molar-refractivity contribution in [3.05, 3.63) is 59.9 Å². The fourth-order valence-electron chi connectivity index (χ4n) is 3.77. The highest BCUT2D eigenvalue weighted by Crippen LogP contribution is 2.30. The highest BCUT2D eigenvalue weighted by Gasteiger charge is 2.18. The Morgan fingerprint density at radius 2 is 2.07 bits per heavy atom. The van der Waals surface area contributed by atoms with Gasteiger partial charge in [0.2, 0.25) is 5.91 Å². The van der Waals surface area contributed by atoms with Gasteiger partial charge in [-0.25, -0.2) is 0 Å². The summed E-state index contributed by atoms with van der Waals surface area (Å²) in [5.41, 5.74) is 5.09. The molecule has 2 aromatic heterocycles. The molecule has 1 aliphatic heterocycles. The van der Waals surface area contributed by atoms with Crippen LogP contribution in [-0.2, 0) is 6.42 Å². The van der Waals surface area contributed by atoms with Gasteiger partial charge in [0.15, 0.2) is 11.5 Å². The summed E-state index contributed by atoms with van der Waals surface area (Å²) in [6.07, 6.45) is 7.88. The van der Waals surface area contributed by atoms with E-state index in [1.165, 1.54) is 5.57 Å². The molecule has 0 saturated heterocycles. The zero-order chi connectivity index (χ0) is 20.2. The number of ether oxygens (including phenoxy) is 2. The van der Waals surface area contributed by atoms with Crippen LogP contribution in [0.3, 0.4) is 0 Å². The van der Waals surface area contributed by atoms with Crippen molar-refractivity contribution in [2.75, 3.05) is 27.3 Å². The minimum absolute atomic E-state index is 0.0542. The molecule has 3 aromatic rings. The van der Waals surface area contributed by atoms with E-state index in [1.807, 2.05) is 36.5 Å². The Morgan fingerprint density at radius 1 is 1.21 bits per heavy atom. The lowest BCUT2D eigenvalue weighted by molar-refractivity contribution is 0.0908. The van der Waals surface area contributed by atoms with E-state index in [0.717, 1.165) is 41.7 Å². The van der Waals surface area contributed by atoms with Crippen LogP contribution >= 0.6 is 0 Å². The predicted molar refractivity (Wildman–Crippen MR) is 114 cm³/mol. The predicted octanol–water partition coefficient (Wildman–Crippen LogP) is 3.70. The average molecular weight is 391 g/mol. The van der Waals surface area contributed by atoms with Crippen LogP contribution in [0.4, 0.5) is 0 Å². The summed E-state index contributed by atoms with van der Waals surface area (Å²) in [6, 6.07) is 9.60. The Labute approximate surface area is 170 Å². The van der Waals surface area contributed by atoms with Crippen LogP contribution in [0.25, 0.3) is 16.6 Å². The van der Waals surface area contributed by atoms with E-state index >= 15 is 0 Å². The molecule has 29 heavy (non-hydrogen) atoms. The molecule has 6 heteroatoms. The largest absolute Gasteiger partial charge is 0.493 e. The first kappa shape index (κ1) is 19.2. The Kier molecular flexibility index (Phi) is 5.62. The molecule has 4 rings (SSSR count). The van der Waals surface area contributed by atoms with E-state index in [1.54, 1.807) is 25.0 Å². The molecule has 150 valence electrons. The Bertz CT molecular complexity index is 1070. The minimum Gasteiger partial charge on any atom is -0.493 e. The third-order valence-corrected chi connectivity index (χ3v) is 5.31. The number of aromatic nitrogens is 2. The van der Waals surface area contributed by atoms with Gasteiger partial charge in [-0.2, -0.15) is 0 Å². The van der Waals surface area contributed by atoms with Gasteiger partial charge in [-0.05, 0) is 54.8 Å². The molecule has 0 spiro atoms. The van der Waals surface area contributed by atoms with Gasteiger partial charge >= 0.3 is 0 Å². The van der Waals surface area contributed by atoms with Gasteiger partial charge in [-0.1, -0.05) is 12.1 Å². The van der Waals surface area contributed by atoms with Crippen LogP contribution in [0.1, 0.15) is 28.8 Å². The molecule has 1 N–H and O–H groups in total. The molecule has 0 unspecified atom stereocenters. The molecule has 3 heterocycles. The van der Waals surface area contributed by atoms with Gasteiger partial charge in [0.1, 0.15) is 0 Å². The van der Waals surface area contributed by atoms with E-state index in [4.69, 9.17) is 9.47 Å². The smallest absolute Gasteiger partial charge is 0.231 e. The molecule has 0 atom stereocenters. The quantitative estimate of drug-likeness (QED) is 0.694. The van der Waals surface area contributed by atoms with E-state index in [9.17, 15) is 4.79 Å². The van der Waals surface area contributed by atoms with Crippen LogP contribution in [0.2, 0.25) is 0 Å². The molecule has 0 radical (unpaired) electrons. The third-order valence-electron chi connectivity index (χ3n) is 5.31. The number of carbonyl (C=O) groups is 1. The van der Waals surface area contributed by atoms with Gasteiger partial charge < -0.3 is 14.8 Å². The number of methoxy groups -OCH3 is 2. The molecule has 0 bridgehead atoms. The Hall–Kier alpha value is -3.12. The van der Waals surface area contributed by atoms with Crippen molar-refractivity contribution < 1.29 is 14.3 Å². The number of fused-ring (bicyclic) bond motifs is 1. The normalized spacial score (nSPS) is 13.9. The summed E-state index contributed by atoms with van der Waals surface area (Å²) in [7, 11) is 3.23. The summed E-state index contributed by atoms with van der Waals surface area (Å²) in [4.78, 5) is 17.6. The van der Waals surface area contributed by atoms with E-state index in [-0.39, 0.29) is 5.91 Å². The number of aryl methyl sites for hydroxylation is 1.